The van der Waals surface area contributed by atoms with E-state index in [1.54, 1.807) is 24.5 Å². The van der Waals surface area contributed by atoms with Crippen molar-refractivity contribution in [1.29, 1.82) is 0 Å². The molecule has 2 aliphatic rings. The van der Waals surface area contributed by atoms with Crippen LogP contribution in [0.4, 0.5) is 10.1 Å². The molecule has 152 valence electrons. The number of aromatic nitrogens is 2. The SMILES string of the molecule is O=S(=O)(c1cccc(F)c1)n1cc(N2CCC(NC3CC3)CC2)c2ncccc21. The minimum atomic E-state index is -3.93. The monoisotopic (exact) mass is 414 g/mol. The average molecular weight is 415 g/mol. The highest BCUT2D eigenvalue weighted by Gasteiger charge is 2.29. The lowest BCUT2D eigenvalue weighted by Gasteiger charge is -2.33. The maximum Gasteiger partial charge on any atom is 0.268 e. The van der Waals surface area contributed by atoms with E-state index in [1.165, 1.54) is 35.0 Å². The number of piperidine rings is 1. The van der Waals surface area contributed by atoms with Crippen LogP contribution in [-0.2, 0) is 10.0 Å². The molecule has 6 nitrogen and oxygen atoms in total. The highest BCUT2D eigenvalue weighted by molar-refractivity contribution is 7.90. The normalized spacial score (nSPS) is 18.4. The van der Waals surface area contributed by atoms with E-state index < -0.39 is 15.8 Å². The van der Waals surface area contributed by atoms with Gasteiger partial charge in [-0.25, -0.2) is 16.8 Å². The number of anilines is 1. The van der Waals surface area contributed by atoms with Crippen LogP contribution >= 0.6 is 0 Å². The zero-order valence-corrected chi connectivity index (χ0v) is 16.8. The summed E-state index contributed by atoms with van der Waals surface area (Å²) in [6.07, 6.45) is 7.89. The van der Waals surface area contributed by atoms with Gasteiger partial charge in [-0.15, -0.1) is 0 Å². The van der Waals surface area contributed by atoms with E-state index in [1.807, 2.05) is 0 Å². The number of pyridine rings is 1. The van der Waals surface area contributed by atoms with Gasteiger partial charge in [0.15, 0.2) is 0 Å². The molecule has 1 aromatic carbocycles. The summed E-state index contributed by atoms with van der Waals surface area (Å²) in [5, 5.41) is 3.68. The van der Waals surface area contributed by atoms with Crippen molar-refractivity contribution in [3.8, 4) is 0 Å². The first-order chi connectivity index (χ1) is 14.0. The number of nitrogens with zero attached hydrogens (tertiary/aromatic N) is 3. The number of fused-ring (bicyclic) bond motifs is 1. The minimum absolute atomic E-state index is 0.0721. The maximum atomic E-state index is 13.7. The lowest BCUT2D eigenvalue weighted by atomic mass is 10.0. The molecule has 3 aromatic rings. The fourth-order valence-corrected chi connectivity index (χ4v) is 5.44. The molecular formula is C21H23FN4O2S. The summed E-state index contributed by atoms with van der Waals surface area (Å²) >= 11 is 0. The van der Waals surface area contributed by atoms with Gasteiger partial charge in [0.1, 0.15) is 11.3 Å². The van der Waals surface area contributed by atoms with Gasteiger partial charge in [-0.2, -0.15) is 0 Å². The second kappa shape index (κ2) is 7.11. The van der Waals surface area contributed by atoms with Crippen molar-refractivity contribution in [3.05, 3.63) is 54.6 Å². The third-order valence-corrected chi connectivity index (χ3v) is 7.41. The predicted octanol–water partition coefficient (Wildman–Crippen LogP) is 3.13. The predicted molar refractivity (Wildman–Crippen MR) is 110 cm³/mol. The summed E-state index contributed by atoms with van der Waals surface area (Å²) in [6.45, 7) is 1.69. The molecule has 29 heavy (non-hydrogen) atoms. The fourth-order valence-electron chi connectivity index (χ4n) is 4.06. The molecule has 1 N–H and O–H groups in total. The molecule has 8 heteroatoms. The second-order valence-corrected chi connectivity index (χ2v) is 9.66. The molecular weight excluding hydrogens is 391 g/mol. The molecule has 0 spiro atoms. The summed E-state index contributed by atoms with van der Waals surface area (Å²) in [5.74, 6) is -0.578. The van der Waals surface area contributed by atoms with Gasteiger partial charge < -0.3 is 10.2 Å². The lowest BCUT2D eigenvalue weighted by Crippen LogP contribution is -2.43. The molecule has 1 saturated heterocycles. The molecule has 0 atom stereocenters. The Bertz CT molecular complexity index is 1150. The van der Waals surface area contributed by atoms with Crippen LogP contribution in [-0.4, -0.2) is 42.5 Å². The first-order valence-electron chi connectivity index (χ1n) is 10.0. The molecule has 1 aliphatic carbocycles. The maximum absolute atomic E-state index is 13.7. The third kappa shape index (κ3) is 3.51. The summed E-state index contributed by atoms with van der Waals surface area (Å²) in [5.41, 5.74) is 1.97. The average Bonchev–Trinajstić information content (AvgIpc) is 3.45. The molecule has 1 saturated carbocycles. The van der Waals surface area contributed by atoms with Gasteiger partial charge in [0.25, 0.3) is 10.0 Å². The van der Waals surface area contributed by atoms with Gasteiger partial charge in [-0.3, -0.25) is 4.98 Å². The Labute approximate surface area is 169 Å². The molecule has 0 radical (unpaired) electrons. The summed E-state index contributed by atoms with van der Waals surface area (Å²) in [7, 11) is -3.93. The molecule has 0 bridgehead atoms. The number of hydrogen-bond acceptors (Lipinski definition) is 5. The smallest absolute Gasteiger partial charge is 0.268 e. The van der Waals surface area contributed by atoms with Crippen LogP contribution in [0.2, 0.25) is 0 Å². The summed E-state index contributed by atoms with van der Waals surface area (Å²) in [6, 6.07) is 9.77. The summed E-state index contributed by atoms with van der Waals surface area (Å²) in [4.78, 5) is 6.60. The van der Waals surface area contributed by atoms with E-state index >= 15 is 0 Å². The van der Waals surface area contributed by atoms with E-state index in [0.717, 1.165) is 37.7 Å². The van der Waals surface area contributed by atoms with E-state index in [9.17, 15) is 12.8 Å². The van der Waals surface area contributed by atoms with E-state index in [-0.39, 0.29) is 4.90 Å². The first-order valence-corrected chi connectivity index (χ1v) is 11.4. The van der Waals surface area contributed by atoms with Crippen LogP contribution in [0.5, 0.6) is 0 Å². The van der Waals surface area contributed by atoms with Crippen molar-refractivity contribution in [2.45, 2.75) is 42.7 Å². The summed E-state index contributed by atoms with van der Waals surface area (Å²) < 4.78 is 41.3. The number of halogens is 1. The highest BCUT2D eigenvalue weighted by Crippen LogP contribution is 2.32. The zero-order chi connectivity index (χ0) is 20.0. The van der Waals surface area contributed by atoms with Crippen molar-refractivity contribution >= 4 is 26.7 Å². The van der Waals surface area contributed by atoms with Crippen molar-refractivity contribution < 1.29 is 12.8 Å². The van der Waals surface area contributed by atoms with E-state index in [2.05, 4.69) is 15.2 Å². The number of nitrogens with one attached hydrogen (secondary N) is 1. The van der Waals surface area contributed by atoms with E-state index in [0.29, 0.717) is 23.1 Å². The van der Waals surface area contributed by atoms with Gasteiger partial charge in [0.2, 0.25) is 0 Å². The van der Waals surface area contributed by atoms with Crippen LogP contribution in [0, 0.1) is 5.82 Å². The Hall–Kier alpha value is -2.45. The topological polar surface area (TPSA) is 67.2 Å². The minimum Gasteiger partial charge on any atom is -0.368 e. The Kier molecular flexibility index (Phi) is 4.55. The molecule has 2 fully saturated rings. The quantitative estimate of drug-likeness (QED) is 0.695. The highest BCUT2D eigenvalue weighted by atomic mass is 32.2. The van der Waals surface area contributed by atoms with Crippen molar-refractivity contribution in [3.63, 3.8) is 0 Å². The third-order valence-electron chi connectivity index (χ3n) is 5.74. The van der Waals surface area contributed by atoms with Gasteiger partial charge >= 0.3 is 0 Å². The van der Waals surface area contributed by atoms with Crippen LogP contribution in [0.1, 0.15) is 25.7 Å². The number of hydrogen-bond donors (Lipinski definition) is 1. The molecule has 2 aromatic heterocycles. The van der Waals surface area contributed by atoms with Crippen LogP contribution in [0.3, 0.4) is 0 Å². The van der Waals surface area contributed by atoms with Crippen LogP contribution in [0.15, 0.2) is 53.7 Å². The molecule has 0 amide bonds. The van der Waals surface area contributed by atoms with Crippen LogP contribution < -0.4 is 10.2 Å². The van der Waals surface area contributed by atoms with Gasteiger partial charge in [0.05, 0.1) is 16.1 Å². The Morgan fingerprint density at radius 1 is 1.03 bits per heavy atom. The van der Waals surface area contributed by atoms with Crippen LogP contribution in [0.25, 0.3) is 11.0 Å². The molecule has 3 heterocycles. The van der Waals surface area contributed by atoms with Gasteiger partial charge in [-0.05, 0) is 56.0 Å². The second-order valence-electron chi connectivity index (χ2n) is 7.85. The number of rotatable bonds is 5. The van der Waals surface area contributed by atoms with Crippen molar-refractivity contribution in [1.82, 2.24) is 14.3 Å². The molecule has 0 unspecified atom stereocenters. The zero-order valence-electron chi connectivity index (χ0n) is 16.0. The fraction of sp³-hybridized carbons (Fsp3) is 0.381. The van der Waals surface area contributed by atoms with Gasteiger partial charge in [-0.1, -0.05) is 6.07 Å². The van der Waals surface area contributed by atoms with Crippen molar-refractivity contribution in [2.75, 3.05) is 18.0 Å². The molecule has 1 aliphatic heterocycles. The first kappa shape index (κ1) is 18.6. The largest absolute Gasteiger partial charge is 0.368 e. The van der Waals surface area contributed by atoms with E-state index in [4.69, 9.17) is 0 Å². The lowest BCUT2D eigenvalue weighted by molar-refractivity contribution is 0.413. The Morgan fingerprint density at radius 3 is 2.52 bits per heavy atom. The standard InChI is InChI=1S/C21H23FN4O2S/c22-15-3-1-4-18(13-15)29(27,28)26-14-20(21-19(26)5-2-10-23-21)25-11-8-17(9-12-25)24-16-6-7-16/h1-5,10,13-14,16-17,24H,6-9,11-12H2. The van der Waals surface area contributed by atoms with Crippen molar-refractivity contribution in [2.24, 2.45) is 0 Å². The molecule has 5 rings (SSSR count). The number of benzene rings is 1. The van der Waals surface area contributed by atoms with Gasteiger partial charge in [0, 0.05) is 37.6 Å². The Morgan fingerprint density at radius 2 is 1.79 bits per heavy atom. The Balaban J connectivity index is 1.50.